The van der Waals surface area contributed by atoms with Gasteiger partial charge in [-0.2, -0.15) is 13.2 Å². The summed E-state index contributed by atoms with van der Waals surface area (Å²) in [6.07, 6.45) is -1.97. The summed E-state index contributed by atoms with van der Waals surface area (Å²) < 4.78 is 56.9. The van der Waals surface area contributed by atoms with E-state index < -0.39 is 23.6 Å². The summed E-state index contributed by atoms with van der Waals surface area (Å²) in [5, 5.41) is 2.77. The van der Waals surface area contributed by atoms with Gasteiger partial charge in [0, 0.05) is 11.1 Å². The van der Waals surface area contributed by atoms with Crippen molar-refractivity contribution in [2.24, 2.45) is 0 Å². The topological polar surface area (TPSA) is 25.2 Å². The number of benzene rings is 1. The minimum Gasteiger partial charge on any atom is -0.472 e. The van der Waals surface area contributed by atoms with Gasteiger partial charge < -0.3 is 9.73 Å². The molecule has 0 radical (unpaired) electrons. The van der Waals surface area contributed by atoms with Gasteiger partial charge in [0.2, 0.25) is 0 Å². The van der Waals surface area contributed by atoms with Crippen LogP contribution in [0.25, 0.3) is 0 Å². The Morgan fingerprint density at radius 2 is 1.95 bits per heavy atom. The van der Waals surface area contributed by atoms with Crippen molar-refractivity contribution in [3.63, 3.8) is 0 Å². The lowest BCUT2D eigenvalue weighted by Gasteiger charge is -2.18. The lowest BCUT2D eigenvalue weighted by molar-refractivity contribution is -0.140. The molecule has 0 amide bonds. The van der Waals surface area contributed by atoms with Crippen molar-refractivity contribution in [2.45, 2.75) is 12.2 Å². The number of halogens is 4. The van der Waals surface area contributed by atoms with Crippen LogP contribution in [0.1, 0.15) is 22.7 Å². The molecule has 1 heterocycles. The predicted octanol–water partition coefficient (Wildman–Crippen LogP) is 3.75. The molecule has 1 aromatic carbocycles. The van der Waals surface area contributed by atoms with Gasteiger partial charge in [-0.1, -0.05) is 12.1 Å². The van der Waals surface area contributed by atoms with Gasteiger partial charge in [-0.05, 0) is 19.2 Å². The van der Waals surface area contributed by atoms with E-state index in [0.717, 1.165) is 6.07 Å². The van der Waals surface area contributed by atoms with Crippen LogP contribution in [0.3, 0.4) is 0 Å². The molecule has 1 N–H and O–H groups in total. The number of furan rings is 1. The molecule has 0 saturated carbocycles. The van der Waals surface area contributed by atoms with Gasteiger partial charge >= 0.3 is 6.18 Å². The number of hydrogen-bond donors (Lipinski definition) is 1. The molecule has 102 valence electrons. The maximum atomic E-state index is 14.0. The Hall–Kier alpha value is -1.82. The standard InChI is InChI=1S/C13H11F4NO/c1-18-12(8-5-6-19-7-8)9-3-2-4-10(11(9)14)13(15,16)17/h2-7,12,18H,1H3. The first-order valence-corrected chi connectivity index (χ1v) is 5.50. The van der Waals surface area contributed by atoms with Gasteiger partial charge in [-0.3, -0.25) is 0 Å². The van der Waals surface area contributed by atoms with E-state index in [1.165, 1.54) is 31.7 Å². The molecule has 0 spiro atoms. The summed E-state index contributed by atoms with van der Waals surface area (Å²) in [5.41, 5.74) is -0.784. The average molecular weight is 273 g/mol. The maximum absolute atomic E-state index is 14.0. The molecule has 0 fully saturated rings. The van der Waals surface area contributed by atoms with Gasteiger partial charge in [0.25, 0.3) is 0 Å². The third-order valence-electron chi connectivity index (χ3n) is 2.81. The maximum Gasteiger partial charge on any atom is 0.419 e. The second-order valence-electron chi connectivity index (χ2n) is 3.98. The van der Waals surface area contributed by atoms with Crippen LogP contribution in [0.4, 0.5) is 17.6 Å². The van der Waals surface area contributed by atoms with Crippen molar-refractivity contribution in [3.8, 4) is 0 Å². The van der Waals surface area contributed by atoms with Crippen molar-refractivity contribution in [2.75, 3.05) is 7.05 Å². The fourth-order valence-electron chi connectivity index (χ4n) is 1.93. The Labute approximate surface area is 107 Å². The van der Waals surface area contributed by atoms with Crippen molar-refractivity contribution < 1.29 is 22.0 Å². The highest BCUT2D eigenvalue weighted by Crippen LogP contribution is 2.35. The van der Waals surface area contributed by atoms with Crippen LogP contribution in [0.15, 0.2) is 41.2 Å². The SMILES string of the molecule is CNC(c1ccoc1)c1cccc(C(F)(F)F)c1F. The fourth-order valence-corrected chi connectivity index (χ4v) is 1.93. The molecule has 1 atom stereocenters. The summed E-state index contributed by atoms with van der Waals surface area (Å²) in [5.74, 6) is -1.27. The van der Waals surface area contributed by atoms with E-state index in [2.05, 4.69) is 5.32 Å². The van der Waals surface area contributed by atoms with Crippen molar-refractivity contribution >= 4 is 0 Å². The smallest absolute Gasteiger partial charge is 0.419 e. The molecule has 19 heavy (non-hydrogen) atoms. The molecule has 6 heteroatoms. The van der Waals surface area contributed by atoms with Crippen molar-refractivity contribution in [1.82, 2.24) is 5.32 Å². The summed E-state index contributed by atoms with van der Waals surface area (Å²) in [6, 6.07) is 4.10. The zero-order valence-corrected chi connectivity index (χ0v) is 9.96. The molecule has 1 aromatic heterocycles. The van der Waals surface area contributed by atoms with Crippen molar-refractivity contribution in [1.29, 1.82) is 0 Å². The first-order valence-electron chi connectivity index (χ1n) is 5.50. The molecule has 2 nitrogen and oxygen atoms in total. The van der Waals surface area contributed by atoms with Crippen LogP contribution in [-0.2, 0) is 6.18 Å². The normalized spacial score (nSPS) is 13.5. The zero-order valence-electron chi connectivity index (χ0n) is 9.96. The van der Waals surface area contributed by atoms with Crippen molar-refractivity contribution in [3.05, 3.63) is 59.3 Å². The molecule has 2 rings (SSSR count). The third kappa shape index (κ3) is 2.63. The molecular formula is C13H11F4NO. The first kappa shape index (κ1) is 13.6. The molecule has 2 aromatic rings. The minimum absolute atomic E-state index is 0.0706. The lowest BCUT2D eigenvalue weighted by Crippen LogP contribution is -2.20. The number of nitrogens with one attached hydrogen (secondary N) is 1. The van der Waals surface area contributed by atoms with E-state index in [0.29, 0.717) is 5.56 Å². The van der Waals surface area contributed by atoms with Crippen LogP contribution in [0.5, 0.6) is 0 Å². The number of rotatable bonds is 3. The summed E-state index contributed by atoms with van der Waals surface area (Å²) in [4.78, 5) is 0. The Bertz CT molecular complexity index is 548. The van der Waals surface area contributed by atoms with E-state index in [9.17, 15) is 17.6 Å². The van der Waals surface area contributed by atoms with Crippen LogP contribution >= 0.6 is 0 Å². The highest BCUT2D eigenvalue weighted by atomic mass is 19.4. The van der Waals surface area contributed by atoms with E-state index in [-0.39, 0.29) is 5.56 Å². The van der Waals surface area contributed by atoms with Crippen LogP contribution < -0.4 is 5.32 Å². The van der Waals surface area contributed by atoms with Gasteiger partial charge in [0.15, 0.2) is 0 Å². The number of alkyl halides is 3. The Morgan fingerprint density at radius 1 is 1.21 bits per heavy atom. The van der Waals surface area contributed by atoms with Gasteiger partial charge in [0.05, 0.1) is 24.1 Å². The second-order valence-corrected chi connectivity index (χ2v) is 3.98. The molecule has 0 aliphatic heterocycles. The van der Waals surface area contributed by atoms with E-state index in [1.807, 2.05) is 0 Å². The molecule has 0 bridgehead atoms. The quantitative estimate of drug-likeness (QED) is 0.862. The van der Waals surface area contributed by atoms with E-state index in [1.54, 1.807) is 6.07 Å². The average Bonchev–Trinajstić information content (AvgIpc) is 2.84. The van der Waals surface area contributed by atoms with E-state index in [4.69, 9.17) is 4.42 Å². The molecule has 0 aliphatic rings. The first-order chi connectivity index (χ1) is 8.95. The third-order valence-corrected chi connectivity index (χ3v) is 2.81. The zero-order chi connectivity index (χ0) is 14.0. The summed E-state index contributed by atoms with van der Waals surface area (Å²) >= 11 is 0. The predicted molar refractivity (Wildman–Crippen MR) is 61.0 cm³/mol. The van der Waals surface area contributed by atoms with E-state index >= 15 is 0 Å². The Kier molecular flexibility index (Phi) is 3.61. The van der Waals surface area contributed by atoms with Gasteiger partial charge in [-0.15, -0.1) is 0 Å². The highest BCUT2D eigenvalue weighted by molar-refractivity contribution is 5.35. The van der Waals surface area contributed by atoms with Crippen LogP contribution in [0, 0.1) is 5.82 Å². The summed E-state index contributed by atoms with van der Waals surface area (Å²) in [6.45, 7) is 0. The summed E-state index contributed by atoms with van der Waals surface area (Å²) in [7, 11) is 1.54. The fraction of sp³-hybridized carbons (Fsp3) is 0.231. The monoisotopic (exact) mass is 273 g/mol. The Balaban J connectivity index is 2.51. The molecule has 1 unspecified atom stereocenters. The van der Waals surface area contributed by atoms with Crippen LogP contribution in [-0.4, -0.2) is 7.05 Å². The Morgan fingerprint density at radius 3 is 2.47 bits per heavy atom. The van der Waals surface area contributed by atoms with Gasteiger partial charge in [0.1, 0.15) is 5.82 Å². The minimum atomic E-state index is -4.71. The van der Waals surface area contributed by atoms with Gasteiger partial charge in [-0.25, -0.2) is 4.39 Å². The molecular weight excluding hydrogens is 262 g/mol. The highest BCUT2D eigenvalue weighted by Gasteiger charge is 2.35. The number of hydrogen-bond acceptors (Lipinski definition) is 2. The molecule has 0 aliphatic carbocycles. The molecule has 0 saturated heterocycles. The largest absolute Gasteiger partial charge is 0.472 e. The lowest BCUT2D eigenvalue weighted by atomic mass is 9.98. The van der Waals surface area contributed by atoms with Crippen LogP contribution in [0.2, 0.25) is 0 Å². The second kappa shape index (κ2) is 5.05.